The van der Waals surface area contributed by atoms with Crippen molar-refractivity contribution in [2.24, 2.45) is 5.92 Å². The molecule has 2 aromatic rings. The summed E-state index contributed by atoms with van der Waals surface area (Å²) in [6, 6.07) is 8.14. The molecular formula is C22H27N5O2. The SMILES string of the molecule is CCCc1ccc(N2C[C@H](C(=O)N3CCN(c4cnccn4)CC3)CC2=O)cc1. The number of carbonyl (C=O) groups is 2. The van der Waals surface area contributed by atoms with E-state index in [2.05, 4.69) is 33.9 Å². The highest BCUT2D eigenvalue weighted by atomic mass is 16.2. The first-order valence-electron chi connectivity index (χ1n) is 10.3. The van der Waals surface area contributed by atoms with Crippen LogP contribution in [0.5, 0.6) is 0 Å². The zero-order chi connectivity index (χ0) is 20.2. The molecule has 1 atom stereocenters. The molecule has 29 heavy (non-hydrogen) atoms. The van der Waals surface area contributed by atoms with Crippen molar-refractivity contribution in [2.45, 2.75) is 26.2 Å². The maximum absolute atomic E-state index is 13.0. The molecule has 1 aromatic carbocycles. The Morgan fingerprint density at radius 2 is 1.86 bits per heavy atom. The lowest BCUT2D eigenvalue weighted by atomic mass is 10.1. The van der Waals surface area contributed by atoms with Crippen molar-refractivity contribution in [3.8, 4) is 0 Å². The number of aromatic nitrogens is 2. The van der Waals surface area contributed by atoms with Crippen LogP contribution in [0.1, 0.15) is 25.3 Å². The summed E-state index contributed by atoms with van der Waals surface area (Å²) in [6.45, 7) is 5.37. The number of hydrogen-bond acceptors (Lipinski definition) is 5. The minimum absolute atomic E-state index is 0.0322. The Morgan fingerprint density at radius 1 is 1.10 bits per heavy atom. The number of nitrogens with zero attached hydrogens (tertiary/aromatic N) is 5. The average Bonchev–Trinajstić information content (AvgIpc) is 3.16. The number of hydrogen-bond donors (Lipinski definition) is 0. The zero-order valence-corrected chi connectivity index (χ0v) is 16.8. The summed E-state index contributed by atoms with van der Waals surface area (Å²) in [4.78, 5) is 39.8. The summed E-state index contributed by atoms with van der Waals surface area (Å²) in [7, 11) is 0. The highest BCUT2D eigenvalue weighted by Gasteiger charge is 2.38. The molecule has 0 N–H and O–H groups in total. The Morgan fingerprint density at radius 3 is 2.52 bits per heavy atom. The van der Waals surface area contributed by atoms with Gasteiger partial charge in [-0.1, -0.05) is 25.5 Å². The van der Waals surface area contributed by atoms with E-state index in [-0.39, 0.29) is 17.7 Å². The molecule has 152 valence electrons. The number of carbonyl (C=O) groups excluding carboxylic acids is 2. The van der Waals surface area contributed by atoms with Gasteiger partial charge in [-0.15, -0.1) is 0 Å². The van der Waals surface area contributed by atoms with Gasteiger partial charge in [-0.3, -0.25) is 14.6 Å². The van der Waals surface area contributed by atoms with Crippen LogP contribution in [0.25, 0.3) is 0 Å². The highest BCUT2D eigenvalue weighted by Crippen LogP contribution is 2.27. The second-order valence-electron chi connectivity index (χ2n) is 7.70. The molecule has 2 aliphatic heterocycles. The predicted molar refractivity (Wildman–Crippen MR) is 112 cm³/mol. The Kier molecular flexibility index (Phi) is 5.74. The van der Waals surface area contributed by atoms with Crippen LogP contribution >= 0.6 is 0 Å². The fraction of sp³-hybridized carbons (Fsp3) is 0.455. The third-order valence-corrected chi connectivity index (χ3v) is 5.73. The number of amides is 2. The van der Waals surface area contributed by atoms with Gasteiger partial charge in [0.25, 0.3) is 0 Å². The number of rotatable bonds is 5. The second kappa shape index (κ2) is 8.59. The van der Waals surface area contributed by atoms with Gasteiger partial charge in [0, 0.05) is 57.2 Å². The van der Waals surface area contributed by atoms with Crippen LogP contribution in [0.3, 0.4) is 0 Å². The normalized spacial score (nSPS) is 19.7. The molecule has 0 bridgehead atoms. The summed E-state index contributed by atoms with van der Waals surface area (Å²) in [5.74, 6) is 0.696. The topological polar surface area (TPSA) is 69.6 Å². The van der Waals surface area contributed by atoms with Crippen LogP contribution in [0, 0.1) is 5.92 Å². The van der Waals surface area contributed by atoms with Gasteiger partial charge in [0.1, 0.15) is 5.82 Å². The lowest BCUT2D eigenvalue weighted by Crippen LogP contribution is -2.51. The maximum Gasteiger partial charge on any atom is 0.228 e. The summed E-state index contributed by atoms with van der Waals surface area (Å²) in [6.07, 6.45) is 7.51. The van der Waals surface area contributed by atoms with Crippen LogP contribution in [0.2, 0.25) is 0 Å². The van der Waals surface area contributed by atoms with E-state index in [9.17, 15) is 9.59 Å². The third-order valence-electron chi connectivity index (χ3n) is 5.73. The minimum atomic E-state index is -0.263. The van der Waals surface area contributed by atoms with Crippen molar-refractivity contribution in [1.82, 2.24) is 14.9 Å². The highest BCUT2D eigenvalue weighted by molar-refractivity contribution is 6.00. The summed E-state index contributed by atoms with van der Waals surface area (Å²) in [5.41, 5.74) is 2.16. The van der Waals surface area contributed by atoms with E-state index in [1.165, 1.54) is 5.56 Å². The fourth-order valence-electron chi connectivity index (χ4n) is 4.12. The number of benzene rings is 1. The molecule has 0 spiro atoms. The van der Waals surface area contributed by atoms with Gasteiger partial charge < -0.3 is 14.7 Å². The van der Waals surface area contributed by atoms with Gasteiger partial charge in [0.2, 0.25) is 11.8 Å². The molecule has 0 unspecified atom stereocenters. The van der Waals surface area contributed by atoms with Gasteiger partial charge in [-0.25, -0.2) is 4.98 Å². The summed E-state index contributed by atoms with van der Waals surface area (Å²) in [5, 5.41) is 0. The van der Waals surface area contributed by atoms with Crippen LogP contribution in [-0.4, -0.2) is 59.4 Å². The molecule has 2 aliphatic rings. The minimum Gasteiger partial charge on any atom is -0.352 e. The van der Waals surface area contributed by atoms with Crippen molar-refractivity contribution in [3.63, 3.8) is 0 Å². The lowest BCUT2D eigenvalue weighted by Gasteiger charge is -2.36. The van der Waals surface area contributed by atoms with E-state index in [0.29, 0.717) is 26.1 Å². The second-order valence-corrected chi connectivity index (χ2v) is 7.70. The smallest absolute Gasteiger partial charge is 0.228 e. The number of piperazine rings is 1. The maximum atomic E-state index is 13.0. The van der Waals surface area contributed by atoms with Crippen LogP contribution in [0.15, 0.2) is 42.9 Å². The van der Waals surface area contributed by atoms with Crippen LogP contribution in [-0.2, 0) is 16.0 Å². The van der Waals surface area contributed by atoms with Gasteiger partial charge in [-0.2, -0.15) is 0 Å². The Hall–Kier alpha value is -2.96. The molecule has 2 saturated heterocycles. The quantitative estimate of drug-likeness (QED) is 0.778. The van der Waals surface area contributed by atoms with Gasteiger partial charge in [0.15, 0.2) is 0 Å². The summed E-state index contributed by atoms with van der Waals surface area (Å²) < 4.78 is 0. The van der Waals surface area contributed by atoms with E-state index < -0.39 is 0 Å². The van der Waals surface area contributed by atoms with Crippen molar-refractivity contribution < 1.29 is 9.59 Å². The molecule has 0 saturated carbocycles. The van der Waals surface area contributed by atoms with Gasteiger partial charge in [0.05, 0.1) is 12.1 Å². The molecule has 7 heteroatoms. The van der Waals surface area contributed by atoms with Gasteiger partial charge in [-0.05, 0) is 24.1 Å². The van der Waals surface area contributed by atoms with Crippen LogP contribution in [0.4, 0.5) is 11.5 Å². The molecule has 4 rings (SSSR count). The summed E-state index contributed by atoms with van der Waals surface area (Å²) >= 11 is 0. The Bertz CT molecular complexity index is 847. The average molecular weight is 393 g/mol. The van der Waals surface area contributed by atoms with E-state index in [0.717, 1.165) is 37.4 Å². The van der Waals surface area contributed by atoms with E-state index in [1.54, 1.807) is 23.5 Å². The van der Waals surface area contributed by atoms with Crippen molar-refractivity contribution in [2.75, 3.05) is 42.5 Å². The van der Waals surface area contributed by atoms with Crippen molar-refractivity contribution in [1.29, 1.82) is 0 Å². The first kappa shape index (κ1) is 19.4. The Balaban J connectivity index is 1.35. The van der Waals surface area contributed by atoms with Gasteiger partial charge >= 0.3 is 0 Å². The Labute approximate surface area is 171 Å². The molecule has 0 radical (unpaired) electrons. The zero-order valence-electron chi connectivity index (χ0n) is 16.8. The van der Waals surface area contributed by atoms with Crippen molar-refractivity contribution in [3.05, 3.63) is 48.4 Å². The van der Waals surface area contributed by atoms with E-state index >= 15 is 0 Å². The lowest BCUT2D eigenvalue weighted by molar-refractivity contribution is -0.136. The number of anilines is 2. The first-order chi connectivity index (χ1) is 14.2. The van der Waals surface area contributed by atoms with E-state index in [4.69, 9.17) is 0 Å². The van der Waals surface area contributed by atoms with E-state index in [1.807, 2.05) is 17.0 Å². The molecule has 3 heterocycles. The standard InChI is InChI=1S/C22H27N5O2/c1-2-3-17-4-6-19(7-5-17)27-16-18(14-21(27)28)22(29)26-12-10-25(11-13-26)20-15-23-8-9-24-20/h4-9,15,18H,2-3,10-14,16H2,1H3/t18-/m1/s1. The van der Waals surface area contributed by atoms with Crippen molar-refractivity contribution >= 4 is 23.3 Å². The molecule has 1 aromatic heterocycles. The molecule has 0 aliphatic carbocycles. The molecule has 2 fully saturated rings. The third kappa shape index (κ3) is 4.23. The predicted octanol–water partition coefficient (Wildman–Crippen LogP) is 2.13. The number of aryl methyl sites for hydroxylation is 1. The molecule has 2 amide bonds. The fourth-order valence-corrected chi connectivity index (χ4v) is 4.12. The first-order valence-corrected chi connectivity index (χ1v) is 10.3. The molecule has 7 nitrogen and oxygen atoms in total. The van der Waals surface area contributed by atoms with Crippen LogP contribution < -0.4 is 9.80 Å². The molecular weight excluding hydrogens is 366 g/mol. The monoisotopic (exact) mass is 393 g/mol. The largest absolute Gasteiger partial charge is 0.352 e.